The van der Waals surface area contributed by atoms with E-state index < -0.39 is 18.4 Å². The van der Waals surface area contributed by atoms with E-state index in [1.165, 1.54) is 0 Å². The van der Waals surface area contributed by atoms with Crippen molar-refractivity contribution in [3.63, 3.8) is 0 Å². The summed E-state index contributed by atoms with van der Waals surface area (Å²) >= 11 is 0. The lowest BCUT2D eigenvalue weighted by Crippen LogP contribution is -2.23. The highest BCUT2D eigenvalue weighted by Crippen LogP contribution is 2.34. The Balaban J connectivity index is 2.06. The second-order valence-corrected chi connectivity index (χ2v) is 5.44. The molecule has 1 fully saturated rings. The first kappa shape index (κ1) is 15.3. The number of hydrogen-bond donors (Lipinski definition) is 2. The van der Waals surface area contributed by atoms with Crippen LogP contribution in [0, 0.1) is 0 Å². The summed E-state index contributed by atoms with van der Waals surface area (Å²) in [7, 11) is 3.68. The van der Waals surface area contributed by atoms with Gasteiger partial charge in [0.05, 0.1) is 25.1 Å². The molecule has 3 atom stereocenters. The molecule has 0 bridgehead atoms. The molecule has 0 aromatic carbocycles. The Labute approximate surface area is 131 Å². The van der Waals surface area contributed by atoms with Gasteiger partial charge in [0, 0.05) is 25.4 Å². The van der Waals surface area contributed by atoms with Crippen molar-refractivity contribution in [2.24, 2.45) is 5.11 Å². The summed E-state index contributed by atoms with van der Waals surface area (Å²) in [5.41, 5.74) is 15.5. The quantitative estimate of drug-likeness (QED) is 0.471. The minimum Gasteiger partial charge on any atom is -0.394 e. The molecule has 0 amide bonds. The zero-order valence-corrected chi connectivity index (χ0v) is 12.7. The van der Waals surface area contributed by atoms with E-state index in [1.807, 2.05) is 19.0 Å². The number of azide groups is 1. The maximum Gasteiger partial charge on any atom is 0.224 e. The molecule has 122 valence electrons. The van der Waals surface area contributed by atoms with Gasteiger partial charge in [-0.1, -0.05) is 5.11 Å². The molecular formula is C12H17N9O2. The van der Waals surface area contributed by atoms with Gasteiger partial charge in [-0.25, -0.2) is 4.98 Å². The third-order valence-corrected chi connectivity index (χ3v) is 3.75. The Bertz CT molecular complexity index is 767. The van der Waals surface area contributed by atoms with Crippen LogP contribution in [0.2, 0.25) is 0 Å². The molecule has 11 nitrogen and oxygen atoms in total. The van der Waals surface area contributed by atoms with Crippen molar-refractivity contribution in [2.45, 2.75) is 24.8 Å². The predicted molar refractivity (Wildman–Crippen MR) is 82.6 cm³/mol. The average molecular weight is 319 g/mol. The zero-order valence-electron chi connectivity index (χ0n) is 12.7. The van der Waals surface area contributed by atoms with Crippen LogP contribution in [0.5, 0.6) is 0 Å². The molecule has 23 heavy (non-hydrogen) atoms. The molecule has 1 aliphatic heterocycles. The van der Waals surface area contributed by atoms with E-state index >= 15 is 0 Å². The lowest BCUT2D eigenvalue weighted by atomic mass is 10.1. The number of anilines is 2. The third kappa shape index (κ3) is 2.61. The van der Waals surface area contributed by atoms with Crippen LogP contribution in [-0.4, -0.2) is 57.5 Å². The van der Waals surface area contributed by atoms with E-state index in [4.69, 9.17) is 16.0 Å². The number of imidazole rings is 1. The molecule has 1 saturated heterocycles. The van der Waals surface area contributed by atoms with Crippen LogP contribution in [0.3, 0.4) is 0 Å². The lowest BCUT2D eigenvalue weighted by Gasteiger charge is -2.18. The molecule has 3 N–H and O–H groups in total. The van der Waals surface area contributed by atoms with Gasteiger partial charge < -0.3 is 20.5 Å². The van der Waals surface area contributed by atoms with E-state index in [-0.39, 0.29) is 12.6 Å². The molecule has 2 aromatic rings. The van der Waals surface area contributed by atoms with E-state index in [1.54, 1.807) is 10.9 Å². The number of hydrogen-bond acceptors (Lipinski definition) is 8. The molecule has 1 unspecified atom stereocenters. The van der Waals surface area contributed by atoms with Gasteiger partial charge in [-0.3, -0.25) is 4.57 Å². The van der Waals surface area contributed by atoms with Crippen LogP contribution in [0.15, 0.2) is 11.4 Å². The second-order valence-electron chi connectivity index (χ2n) is 5.44. The van der Waals surface area contributed by atoms with E-state index in [0.717, 1.165) is 0 Å². The van der Waals surface area contributed by atoms with Crippen LogP contribution >= 0.6 is 0 Å². The molecule has 1 aliphatic rings. The maximum atomic E-state index is 9.39. The lowest BCUT2D eigenvalue weighted by molar-refractivity contribution is -0.0230. The summed E-state index contributed by atoms with van der Waals surface area (Å²) in [6.07, 6.45) is 1.03. The fourth-order valence-corrected chi connectivity index (χ4v) is 2.71. The van der Waals surface area contributed by atoms with Gasteiger partial charge in [-0.2, -0.15) is 9.97 Å². The summed E-state index contributed by atoms with van der Waals surface area (Å²) in [6.45, 7) is -0.225. The Hall–Kier alpha value is -2.62. The second kappa shape index (κ2) is 5.88. The van der Waals surface area contributed by atoms with Crippen molar-refractivity contribution in [1.29, 1.82) is 0 Å². The first-order chi connectivity index (χ1) is 11.0. The largest absolute Gasteiger partial charge is 0.394 e. The molecular weight excluding hydrogens is 302 g/mol. The van der Waals surface area contributed by atoms with Gasteiger partial charge in [-0.05, 0) is 5.53 Å². The first-order valence-corrected chi connectivity index (χ1v) is 7.03. The van der Waals surface area contributed by atoms with E-state index in [0.29, 0.717) is 23.4 Å². The number of nitrogens with zero attached hydrogens (tertiary/aromatic N) is 8. The molecule has 0 spiro atoms. The average Bonchev–Trinajstić information content (AvgIpc) is 3.10. The van der Waals surface area contributed by atoms with Crippen LogP contribution in [0.25, 0.3) is 21.6 Å². The van der Waals surface area contributed by atoms with Crippen molar-refractivity contribution in [3.8, 4) is 0 Å². The summed E-state index contributed by atoms with van der Waals surface area (Å²) in [6, 6.07) is -0.440. The van der Waals surface area contributed by atoms with Crippen molar-refractivity contribution < 1.29 is 9.84 Å². The fraction of sp³-hybridized carbons (Fsp3) is 0.583. The summed E-state index contributed by atoms with van der Waals surface area (Å²) < 4.78 is 7.57. The number of rotatable bonds is 4. The molecule has 3 rings (SSSR count). The van der Waals surface area contributed by atoms with Crippen molar-refractivity contribution in [2.75, 3.05) is 31.3 Å². The Morgan fingerprint density at radius 2 is 2.35 bits per heavy atom. The monoisotopic (exact) mass is 319 g/mol. The zero-order chi connectivity index (χ0) is 16.6. The standard InChI is InChI=1S/C12H17N9O2/c1-20(2)11-9-10(16-12(13)17-11)15-5-21(9)8-3-6(18-19-14)7(4-22)23-8/h5-8,22H,3-4H2,1-2H3,(H2,13,16,17)/t6?,7-,8-/m1/s1. The van der Waals surface area contributed by atoms with Crippen molar-refractivity contribution in [3.05, 3.63) is 16.8 Å². The smallest absolute Gasteiger partial charge is 0.224 e. The first-order valence-electron chi connectivity index (χ1n) is 7.03. The van der Waals surface area contributed by atoms with Gasteiger partial charge >= 0.3 is 0 Å². The Kier molecular flexibility index (Phi) is 3.90. The van der Waals surface area contributed by atoms with E-state index in [2.05, 4.69) is 25.0 Å². The number of ether oxygens (including phenoxy) is 1. The molecule has 11 heteroatoms. The normalized spacial score (nSPS) is 23.9. The van der Waals surface area contributed by atoms with Crippen molar-refractivity contribution >= 4 is 22.9 Å². The number of fused-ring (bicyclic) bond motifs is 1. The topological polar surface area (TPSA) is 151 Å². The van der Waals surface area contributed by atoms with Crippen molar-refractivity contribution in [1.82, 2.24) is 19.5 Å². The van der Waals surface area contributed by atoms with Gasteiger partial charge in [0.1, 0.15) is 11.7 Å². The highest BCUT2D eigenvalue weighted by Gasteiger charge is 2.36. The number of aromatic nitrogens is 4. The fourth-order valence-electron chi connectivity index (χ4n) is 2.71. The Morgan fingerprint density at radius 1 is 1.57 bits per heavy atom. The summed E-state index contributed by atoms with van der Waals surface area (Å²) in [4.78, 5) is 17.2. The molecule has 2 aromatic heterocycles. The van der Waals surface area contributed by atoms with Crippen LogP contribution < -0.4 is 10.6 Å². The molecule has 0 saturated carbocycles. The maximum absolute atomic E-state index is 9.39. The van der Waals surface area contributed by atoms with Gasteiger partial charge in [-0.15, -0.1) is 0 Å². The number of nitrogen functional groups attached to an aromatic ring is 1. The Morgan fingerprint density at radius 3 is 3.00 bits per heavy atom. The minimum atomic E-state index is -0.550. The molecule has 3 heterocycles. The van der Waals surface area contributed by atoms with Crippen LogP contribution in [0.1, 0.15) is 12.6 Å². The van der Waals surface area contributed by atoms with E-state index in [9.17, 15) is 5.11 Å². The van der Waals surface area contributed by atoms with Crippen LogP contribution in [0.4, 0.5) is 11.8 Å². The minimum absolute atomic E-state index is 0.138. The predicted octanol–water partition coefficient (Wildman–Crippen LogP) is 0.433. The number of aliphatic hydroxyl groups excluding tert-OH is 1. The summed E-state index contributed by atoms with van der Waals surface area (Å²) in [5, 5.41) is 13.1. The molecule has 0 radical (unpaired) electrons. The highest BCUT2D eigenvalue weighted by molar-refractivity contribution is 5.84. The number of aliphatic hydroxyl groups is 1. The SMILES string of the molecule is CN(C)c1nc(N)nc2ncn([C@H]3CC(N=[N+]=[N-])[C@@H](CO)O3)c12. The van der Waals surface area contributed by atoms with Gasteiger partial charge in [0.25, 0.3) is 0 Å². The summed E-state index contributed by atoms with van der Waals surface area (Å²) in [5.74, 6) is 0.750. The number of nitrogens with two attached hydrogens (primary N) is 1. The molecule has 0 aliphatic carbocycles. The van der Waals surface area contributed by atoms with Gasteiger partial charge in [0.15, 0.2) is 11.5 Å². The third-order valence-electron chi connectivity index (χ3n) is 3.75. The van der Waals surface area contributed by atoms with Gasteiger partial charge in [0.2, 0.25) is 5.95 Å². The highest BCUT2D eigenvalue weighted by atomic mass is 16.5. The van der Waals surface area contributed by atoms with Crippen LogP contribution in [-0.2, 0) is 4.74 Å².